The molecule has 0 saturated carbocycles. The van der Waals surface area contributed by atoms with Crippen molar-refractivity contribution in [3.63, 3.8) is 0 Å². The third-order valence-electron chi connectivity index (χ3n) is 3.77. The molecule has 2 aromatic rings. The zero-order valence-corrected chi connectivity index (χ0v) is 16.3. The molecule has 9 heteroatoms. The number of fused-ring (bicyclic) bond motifs is 1. The molecule has 0 spiro atoms. The van der Waals surface area contributed by atoms with Gasteiger partial charge in [-0.3, -0.25) is 0 Å². The summed E-state index contributed by atoms with van der Waals surface area (Å²) in [4.78, 5) is 11.7. The minimum absolute atomic E-state index is 0.000719. The highest BCUT2D eigenvalue weighted by atomic mass is 79.9. The Balaban J connectivity index is 2.08. The van der Waals surface area contributed by atoms with Crippen LogP contribution in [0, 0.1) is 5.82 Å². The second kappa shape index (κ2) is 6.88. The van der Waals surface area contributed by atoms with Crippen molar-refractivity contribution in [3.05, 3.63) is 52.3 Å². The van der Waals surface area contributed by atoms with E-state index in [0.29, 0.717) is 4.47 Å². The van der Waals surface area contributed by atoms with Gasteiger partial charge in [0.15, 0.2) is 6.23 Å². The average molecular weight is 444 g/mol. The lowest BCUT2D eigenvalue weighted by Crippen LogP contribution is -2.46. The van der Waals surface area contributed by atoms with Gasteiger partial charge in [0.2, 0.25) is 0 Å². The summed E-state index contributed by atoms with van der Waals surface area (Å²) in [5.41, 5.74) is -0.213. The molecule has 0 amide bonds. The van der Waals surface area contributed by atoms with Gasteiger partial charge in [0.1, 0.15) is 16.5 Å². The van der Waals surface area contributed by atoms with Gasteiger partial charge >= 0.3 is 5.97 Å². The minimum Gasteiger partial charge on any atom is -0.468 e. The van der Waals surface area contributed by atoms with Crippen LogP contribution in [0.25, 0.3) is 0 Å². The molecule has 6 nitrogen and oxygen atoms in total. The van der Waals surface area contributed by atoms with Crippen molar-refractivity contribution in [2.45, 2.75) is 25.0 Å². The highest BCUT2D eigenvalue weighted by Crippen LogP contribution is 2.39. The summed E-state index contributed by atoms with van der Waals surface area (Å²) >= 11 is 3.22. The van der Waals surface area contributed by atoms with Gasteiger partial charge in [-0.25, -0.2) is 21.9 Å². The van der Waals surface area contributed by atoms with Crippen LogP contribution in [0.4, 0.5) is 10.1 Å². The third-order valence-corrected chi connectivity index (χ3v) is 6.15. The fourth-order valence-corrected chi connectivity index (χ4v) is 4.88. The second-order valence-corrected chi connectivity index (χ2v) is 8.19. The summed E-state index contributed by atoms with van der Waals surface area (Å²) in [7, 11) is -4.05. The number of esters is 1. The van der Waals surface area contributed by atoms with Gasteiger partial charge in [0.05, 0.1) is 17.9 Å². The molecule has 0 aromatic heterocycles. The molecule has 1 aliphatic rings. The zero-order valence-electron chi connectivity index (χ0n) is 13.9. The molecule has 1 aliphatic heterocycles. The minimum atomic E-state index is -4.05. The number of hydrogen-bond donors (Lipinski definition) is 0. The number of anilines is 1. The first kappa shape index (κ1) is 18.7. The lowest BCUT2D eigenvalue weighted by atomic mass is 10.2. The van der Waals surface area contributed by atoms with Crippen molar-refractivity contribution in [1.82, 2.24) is 0 Å². The molecule has 1 atom stereocenters. The number of nitrogens with zero attached hydrogens (tertiary/aromatic N) is 1. The van der Waals surface area contributed by atoms with Gasteiger partial charge < -0.3 is 9.47 Å². The first-order chi connectivity index (χ1) is 12.3. The molecular formula is C17H15BrFNO5S. The van der Waals surface area contributed by atoms with Crippen LogP contribution in [0.1, 0.15) is 24.2 Å². The quantitative estimate of drug-likeness (QED) is 0.676. The SMILES string of the molecule is CCOC(=O)c1ccc(N2[C@@H](C)Oc3ccc(Br)cc3S2(=O)=O)c(F)c1. The zero-order chi connectivity index (χ0) is 19.1. The van der Waals surface area contributed by atoms with E-state index < -0.39 is 28.0 Å². The summed E-state index contributed by atoms with van der Waals surface area (Å²) in [6.45, 7) is 3.29. The molecule has 1 heterocycles. The normalized spacial score (nSPS) is 18.0. The maximum absolute atomic E-state index is 14.6. The van der Waals surface area contributed by atoms with E-state index >= 15 is 0 Å². The molecule has 0 aliphatic carbocycles. The van der Waals surface area contributed by atoms with Gasteiger partial charge in [0, 0.05) is 4.47 Å². The highest BCUT2D eigenvalue weighted by molar-refractivity contribution is 9.10. The Morgan fingerprint density at radius 3 is 2.69 bits per heavy atom. The summed E-state index contributed by atoms with van der Waals surface area (Å²) in [5, 5.41) is 0. The van der Waals surface area contributed by atoms with E-state index in [4.69, 9.17) is 9.47 Å². The van der Waals surface area contributed by atoms with Crippen LogP contribution in [0.2, 0.25) is 0 Å². The van der Waals surface area contributed by atoms with Crippen LogP contribution >= 0.6 is 15.9 Å². The number of rotatable bonds is 3. The molecule has 0 radical (unpaired) electrons. The fourth-order valence-electron chi connectivity index (χ4n) is 2.67. The number of sulfonamides is 1. The predicted octanol–water partition coefficient (Wildman–Crippen LogP) is 3.70. The van der Waals surface area contributed by atoms with Crippen LogP contribution in [0.15, 0.2) is 45.8 Å². The molecule has 0 unspecified atom stereocenters. The predicted molar refractivity (Wildman–Crippen MR) is 96.3 cm³/mol. The van der Waals surface area contributed by atoms with Crippen LogP contribution in [-0.4, -0.2) is 27.2 Å². The lowest BCUT2D eigenvalue weighted by molar-refractivity contribution is 0.0526. The standard InChI is InChI=1S/C17H15BrFNO5S/c1-3-24-17(21)11-4-6-14(13(19)8-11)20-10(2)25-15-7-5-12(18)9-16(15)26(20,22)23/h4-10H,3H2,1-2H3/t10-/m1/s1. The lowest BCUT2D eigenvalue weighted by Gasteiger charge is -2.35. The van der Waals surface area contributed by atoms with Crippen molar-refractivity contribution in [2.75, 3.05) is 10.9 Å². The molecule has 0 saturated heterocycles. The van der Waals surface area contributed by atoms with Crippen molar-refractivity contribution < 1.29 is 27.1 Å². The van der Waals surface area contributed by atoms with Crippen molar-refractivity contribution in [3.8, 4) is 5.75 Å². The molecule has 26 heavy (non-hydrogen) atoms. The number of ether oxygens (including phenoxy) is 2. The first-order valence-electron chi connectivity index (χ1n) is 7.73. The number of hydrogen-bond acceptors (Lipinski definition) is 5. The van der Waals surface area contributed by atoms with E-state index in [0.717, 1.165) is 10.4 Å². The van der Waals surface area contributed by atoms with Crippen LogP contribution < -0.4 is 9.04 Å². The van der Waals surface area contributed by atoms with Crippen LogP contribution in [-0.2, 0) is 14.8 Å². The summed E-state index contributed by atoms with van der Waals surface area (Å²) in [6.07, 6.45) is -0.961. The van der Waals surface area contributed by atoms with Crippen molar-refractivity contribution >= 4 is 37.6 Å². The van der Waals surface area contributed by atoms with Crippen LogP contribution in [0.3, 0.4) is 0 Å². The smallest absolute Gasteiger partial charge is 0.338 e. The van der Waals surface area contributed by atoms with E-state index in [1.54, 1.807) is 13.0 Å². The molecule has 0 bridgehead atoms. The Hall–Kier alpha value is -2.13. The second-order valence-electron chi connectivity index (χ2n) is 5.50. The Labute approximate surface area is 158 Å². The van der Waals surface area contributed by atoms with Gasteiger partial charge in [-0.2, -0.15) is 0 Å². The Morgan fingerprint density at radius 1 is 1.31 bits per heavy atom. The molecule has 0 N–H and O–H groups in total. The Bertz CT molecular complexity index is 979. The van der Waals surface area contributed by atoms with Crippen molar-refractivity contribution in [1.29, 1.82) is 0 Å². The summed E-state index contributed by atoms with van der Waals surface area (Å²) < 4.78 is 52.5. The number of benzene rings is 2. The van der Waals surface area contributed by atoms with Gasteiger partial charge in [-0.15, -0.1) is 0 Å². The largest absolute Gasteiger partial charge is 0.468 e. The van der Waals surface area contributed by atoms with Gasteiger partial charge in [-0.05, 0) is 50.2 Å². The molecule has 2 aromatic carbocycles. The Morgan fingerprint density at radius 2 is 2.04 bits per heavy atom. The fraction of sp³-hybridized carbons (Fsp3) is 0.235. The summed E-state index contributed by atoms with van der Waals surface area (Å²) in [5.74, 6) is -1.36. The molecule has 3 rings (SSSR count). The van der Waals surface area contributed by atoms with E-state index in [9.17, 15) is 17.6 Å². The van der Waals surface area contributed by atoms with E-state index in [2.05, 4.69) is 15.9 Å². The number of carbonyl (C=O) groups excluding carboxylic acids is 1. The molecule has 0 fully saturated rings. The van der Waals surface area contributed by atoms with Crippen molar-refractivity contribution in [2.24, 2.45) is 0 Å². The number of halogens is 2. The maximum Gasteiger partial charge on any atom is 0.338 e. The number of carbonyl (C=O) groups is 1. The third kappa shape index (κ3) is 3.16. The topological polar surface area (TPSA) is 72.9 Å². The summed E-state index contributed by atoms with van der Waals surface area (Å²) in [6, 6.07) is 8.08. The molecule has 138 valence electrons. The Kier molecular flexibility index (Phi) is 4.94. The van der Waals surface area contributed by atoms with E-state index in [1.807, 2.05) is 0 Å². The van der Waals surface area contributed by atoms with Crippen LogP contribution in [0.5, 0.6) is 5.75 Å². The average Bonchev–Trinajstić information content (AvgIpc) is 2.57. The molecular weight excluding hydrogens is 429 g/mol. The first-order valence-corrected chi connectivity index (χ1v) is 9.96. The monoisotopic (exact) mass is 443 g/mol. The van der Waals surface area contributed by atoms with Gasteiger partial charge in [0.25, 0.3) is 10.0 Å². The van der Waals surface area contributed by atoms with E-state index in [1.165, 1.54) is 31.2 Å². The maximum atomic E-state index is 14.6. The van der Waals surface area contributed by atoms with E-state index in [-0.39, 0.29) is 28.5 Å². The highest BCUT2D eigenvalue weighted by Gasteiger charge is 2.39. The van der Waals surface area contributed by atoms with Gasteiger partial charge in [-0.1, -0.05) is 15.9 Å².